The summed E-state index contributed by atoms with van der Waals surface area (Å²) in [6, 6.07) is 2.85. The summed E-state index contributed by atoms with van der Waals surface area (Å²) in [6.07, 6.45) is 12.6. The van der Waals surface area contributed by atoms with Gasteiger partial charge in [-0.05, 0) is 74.8 Å². The Hall–Kier alpha value is -1.36. The van der Waals surface area contributed by atoms with Crippen molar-refractivity contribution in [3.8, 4) is 11.5 Å². The van der Waals surface area contributed by atoms with Crippen molar-refractivity contribution in [2.75, 3.05) is 20.3 Å². The summed E-state index contributed by atoms with van der Waals surface area (Å²) in [5.74, 6) is -0.254. The predicted octanol–water partition coefficient (Wildman–Crippen LogP) is 6.53. The molecule has 2 atom stereocenters. The van der Waals surface area contributed by atoms with E-state index in [-0.39, 0.29) is 11.5 Å². The van der Waals surface area contributed by atoms with Crippen LogP contribution in [0.25, 0.3) is 0 Å². The van der Waals surface area contributed by atoms with Gasteiger partial charge >= 0.3 is 0 Å². The van der Waals surface area contributed by atoms with Gasteiger partial charge in [0.05, 0.1) is 26.4 Å². The smallest absolute Gasteiger partial charge is 0.204 e. The topological polar surface area (TPSA) is 27.7 Å². The summed E-state index contributed by atoms with van der Waals surface area (Å²) < 4.78 is 44.4. The molecule has 2 aliphatic rings. The van der Waals surface area contributed by atoms with Gasteiger partial charge in [-0.15, -0.1) is 0 Å². The minimum Gasteiger partial charge on any atom is -0.494 e. The second-order valence-corrected chi connectivity index (χ2v) is 8.77. The van der Waals surface area contributed by atoms with Gasteiger partial charge < -0.3 is 14.2 Å². The number of benzene rings is 1. The molecule has 1 heterocycles. The molecule has 29 heavy (non-hydrogen) atoms. The first-order valence-electron chi connectivity index (χ1n) is 11.4. The quantitative estimate of drug-likeness (QED) is 0.433. The molecule has 0 spiro atoms. The molecule has 1 saturated heterocycles. The fourth-order valence-electron chi connectivity index (χ4n) is 4.86. The second-order valence-electron chi connectivity index (χ2n) is 8.77. The third-order valence-electron chi connectivity index (χ3n) is 6.80. The first kappa shape index (κ1) is 22.3. The molecule has 0 radical (unpaired) electrons. The summed E-state index contributed by atoms with van der Waals surface area (Å²) in [5.41, 5.74) is 0. The molecule has 1 aliphatic carbocycles. The van der Waals surface area contributed by atoms with Crippen LogP contribution in [0, 0.1) is 29.4 Å². The van der Waals surface area contributed by atoms with Gasteiger partial charge in [0.2, 0.25) is 11.6 Å². The molecule has 0 N–H and O–H groups in total. The molecule has 1 aromatic carbocycles. The zero-order chi connectivity index (χ0) is 20.6. The molecule has 3 nitrogen and oxygen atoms in total. The highest BCUT2D eigenvalue weighted by atomic mass is 19.2. The number of ether oxygens (including phenoxy) is 3. The highest BCUT2D eigenvalue weighted by Crippen LogP contribution is 2.38. The Balaban J connectivity index is 1.37. The van der Waals surface area contributed by atoms with Crippen LogP contribution >= 0.6 is 0 Å². The molecule has 5 heteroatoms. The predicted molar refractivity (Wildman–Crippen MR) is 110 cm³/mol. The lowest BCUT2D eigenvalue weighted by Gasteiger charge is -2.37. The molecule has 2 unspecified atom stereocenters. The normalized spacial score (nSPS) is 27.6. The second kappa shape index (κ2) is 11.1. The SMILES string of the molecule is CCCCCC1CCC(C2CCC(COc3ccc(OC)c(F)c3F)CC2)CO1. The molecule has 0 bridgehead atoms. The van der Waals surface area contributed by atoms with Crippen molar-refractivity contribution in [1.29, 1.82) is 0 Å². The van der Waals surface area contributed by atoms with Crippen LogP contribution in [0.5, 0.6) is 11.5 Å². The molecular formula is C24H36F2O3. The molecule has 0 aromatic heterocycles. The van der Waals surface area contributed by atoms with E-state index >= 15 is 0 Å². The Morgan fingerprint density at radius 2 is 1.62 bits per heavy atom. The van der Waals surface area contributed by atoms with Crippen molar-refractivity contribution >= 4 is 0 Å². The van der Waals surface area contributed by atoms with E-state index in [1.807, 2.05) is 0 Å². The third-order valence-corrected chi connectivity index (χ3v) is 6.80. The first-order chi connectivity index (χ1) is 14.1. The lowest BCUT2D eigenvalue weighted by Crippen LogP contribution is -2.33. The Kier molecular flexibility index (Phi) is 8.58. The van der Waals surface area contributed by atoms with Crippen LogP contribution in [0.4, 0.5) is 8.78 Å². The maximum atomic E-state index is 14.0. The van der Waals surface area contributed by atoms with Gasteiger partial charge in [0.25, 0.3) is 0 Å². The number of rotatable bonds is 9. The van der Waals surface area contributed by atoms with Crippen LogP contribution in [0.2, 0.25) is 0 Å². The molecule has 1 saturated carbocycles. The van der Waals surface area contributed by atoms with Crippen molar-refractivity contribution in [3.05, 3.63) is 23.8 Å². The number of unbranched alkanes of at least 4 members (excludes halogenated alkanes) is 2. The lowest BCUT2D eigenvalue weighted by atomic mass is 9.74. The molecule has 1 aromatic rings. The molecule has 3 rings (SSSR count). The summed E-state index contributed by atoms with van der Waals surface area (Å²) in [7, 11) is 1.32. The summed E-state index contributed by atoms with van der Waals surface area (Å²) >= 11 is 0. The van der Waals surface area contributed by atoms with E-state index in [0.717, 1.165) is 25.4 Å². The van der Waals surface area contributed by atoms with Gasteiger partial charge in [-0.2, -0.15) is 8.78 Å². The van der Waals surface area contributed by atoms with E-state index in [4.69, 9.17) is 14.2 Å². The minimum atomic E-state index is -0.987. The highest BCUT2D eigenvalue weighted by molar-refractivity contribution is 5.34. The summed E-state index contributed by atoms with van der Waals surface area (Å²) in [5, 5.41) is 0. The molecule has 164 valence electrons. The first-order valence-corrected chi connectivity index (χ1v) is 11.4. The maximum absolute atomic E-state index is 14.0. The molecule has 2 fully saturated rings. The van der Waals surface area contributed by atoms with E-state index in [9.17, 15) is 8.78 Å². The fourth-order valence-corrected chi connectivity index (χ4v) is 4.86. The van der Waals surface area contributed by atoms with Crippen LogP contribution in [0.1, 0.15) is 71.1 Å². The van der Waals surface area contributed by atoms with Crippen LogP contribution in [0.15, 0.2) is 12.1 Å². The Morgan fingerprint density at radius 3 is 2.28 bits per heavy atom. The molecule has 1 aliphatic heterocycles. The lowest BCUT2D eigenvalue weighted by molar-refractivity contribution is -0.0434. The van der Waals surface area contributed by atoms with Gasteiger partial charge in [0.15, 0.2) is 11.5 Å². The van der Waals surface area contributed by atoms with Crippen LogP contribution in [-0.4, -0.2) is 26.4 Å². The average Bonchev–Trinajstić information content (AvgIpc) is 2.76. The van der Waals surface area contributed by atoms with Crippen molar-refractivity contribution in [3.63, 3.8) is 0 Å². The number of hydrogen-bond acceptors (Lipinski definition) is 3. The van der Waals surface area contributed by atoms with E-state index < -0.39 is 11.6 Å². The standard InChI is InChI=1S/C24H36F2O3/c1-3-4-5-6-20-12-11-19(16-28-20)18-9-7-17(8-10-18)15-29-22-14-13-21(27-2)23(25)24(22)26/h13-14,17-20H,3-12,15-16H2,1-2H3. The van der Waals surface area contributed by atoms with Gasteiger partial charge in [-0.25, -0.2) is 0 Å². The van der Waals surface area contributed by atoms with Gasteiger partial charge in [-0.3, -0.25) is 0 Å². The zero-order valence-corrected chi connectivity index (χ0v) is 17.9. The number of halogens is 2. The van der Waals surface area contributed by atoms with Gasteiger partial charge in [0.1, 0.15) is 0 Å². The molecular weight excluding hydrogens is 374 g/mol. The van der Waals surface area contributed by atoms with Crippen molar-refractivity contribution in [2.45, 2.75) is 77.2 Å². The van der Waals surface area contributed by atoms with E-state index in [1.54, 1.807) is 0 Å². The van der Waals surface area contributed by atoms with Gasteiger partial charge in [-0.1, -0.05) is 26.2 Å². The summed E-state index contributed by atoms with van der Waals surface area (Å²) in [4.78, 5) is 0. The molecule has 0 amide bonds. The monoisotopic (exact) mass is 410 g/mol. The fraction of sp³-hybridized carbons (Fsp3) is 0.750. The zero-order valence-electron chi connectivity index (χ0n) is 17.9. The Bertz CT molecular complexity index is 621. The summed E-state index contributed by atoms with van der Waals surface area (Å²) in [6.45, 7) is 3.60. The highest BCUT2D eigenvalue weighted by Gasteiger charge is 2.31. The number of methoxy groups -OCH3 is 1. The van der Waals surface area contributed by atoms with E-state index in [0.29, 0.717) is 24.5 Å². The Labute approximate surface area is 174 Å². The van der Waals surface area contributed by atoms with Crippen molar-refractivity contribution in [2.24, 2.45) is 17.8 Å². The minimum absolute atomic E-state index is 0.0276. The van der Waals surface area contributed by atoms with E-state index in [1.165, 1.54) is 70.6 Å². The third kappa shape index (κ3) is 6.07. The van der Waals surface area contributed by atoms with Crippen molar-refractivity contribution in [1.82, 2.24) is 0 Å². The van der Waals surface area contributed by atoms with Crippen molar-refractivity contribution < 1.29 is 23.0 Å². The number of hydrogen-bond donors (Lipinski definition) is 0. The largest absolute Gasteiger partial charge is 0.494 e. The van der Waals surface area contributed by atoms with Crippen LogP contribution in [0.3, 0.4) is 0 Å². The van der Waals surface area contributed by atoms with Crippen LogP contribution in [-0.2, 0) is 4.74 Å². The van der Waals surface area contributed by atoms with E-state index in [2.05, 4.69) is 6.92 Å². The Morgan fingerprint density at radius 1 is 0.931 bits per heavy atom. The maximum Gasteiger partial charge on any atom is 0.204 e. The van der Waals surface area contributed by atoms with Gasteiger partial charge in [0, 0.05) is 0 Å². The van der Waals surface area contributed by atoms with Crippen LogP contribution < -0.4 is 9.47 Å². The average molecular weight is 411 g/mol.